The molecule has 0 radical (unpaired) electrons. The average Bonchev–Trinajstić information content (AvgIpc) is 2.96. The molecule has 6 heteroatoms. The van der Waals surface area contributed by atoms with Crippen LogP contribution < -0.4 is 19.8 Å². The van der Waals surface area contributed by atoms with Crippen molar-refractivity contribution in [1.29, 1.82) is 0 Å². The lowest BCUT2D eigenvalue weighted by Gasteiger charge is -2.06. The minimum absolute atomic E-state index is 0.0504. The average molecular weight is 567 g/mol. The van der Waals surface area contributed by atoms with Crippen molar-refractivity contribution in [3.63, 3.8) is 0 Å². The van der Waals surface area contributed by atoms with E-state index in [1.54, 1.807) is 0 Å². The molecule has 2 heterocycles. The van der Waals surface area contributed by atoms with E-state index in [2.05, 4.69) is 46.0 Å². The zero-order valence-electron chi connectivity index (χ0n) is 26.2. The van der Waals surface area contributed by atoms with Gasteiger partial charge < -0.3 is 10.6 Å². The SMILES string of the molecule is CCCCCCCCCC[n+]1cccc(NC(=O)CCCC(=O)Nc2ccc[n+](CCCCCCCCCC)c2)c1. The Hall–Kier alpha value is -2.76. The molecule has 0 atom stereocenters. The van der Waals surface area contributed by atoms with Crippen LogP contribution in [0.5, 0.6) is 0 Å². The number of rotatable bonds is 24. The number of nitrogens with one attached hydrogen (secondary N) is 2. The third kappa shape index (κ3) is 17.6. The molecule has 2 amide bonds. The number of anilines is 2. The van der Waals surface area contributed by atoms with E-state index in [0.717, 1.165) is 37.3 Å². The van der Waals surface area contributed by atoms with Gasteiger partial charge in [0.05, 0.1) is 0 Å². The Bertz CT molecular complexity index is 901. The first-order valence-corrected chi connectivity index (χ1v) is 16.7. The van der Waals surface area contributed by atoms with Crippen LogP contribution in [0.4, 0.5) is 11.4 Å². The minimum atomic E-state index is -0.0504. The van der Waals surface area contributed by atoms with Crippen LogP contribution in [0, 0.1) is 0 Å². The highest BCUT2D eigenvalue weighted by Gasteiger charge is 2.10. The van der Waals surface area contributed by atoms with Gasteiger partial charge in [0.25, 0.3) is 0 Å². The van der Waals surface area contributed by atoms with Gasteiger partial charge in [-0.05, 0) is 31.4 Å². The molecule has 0 unspecified atom stereocenters. The van der Waals surface area contributed by atoms with Crippen LogP contribution in [-0.2, 0) is 22.7 Å². The number of hydrogen-bond acceptors (Lipinski definition) is 2. The predicted molar refractivity (Wildman–Crippen MR) is 170 cm³/mol. The van der Waals surface area contributed by atoms with Crippen LogP contribution in [0.2, 0.25) is 0 Å². The van der Waals surface area contributed by atoms with Gasteiger partial charge in [0.1, 0.15) is 24.5 Å². The number of carbonyl (C=O) groups excluding carboxylic acids is 2. The first kappa shape index (κ1) is 34.4. The Morgan fingerprint density at radius 3 is 1.29 bits per heavy atom. The smallest absolute Gasteiger partial charge is 0.224 e. The fourth-order valence-electron chi connectivity index (χ4n) is 5.18. The van der Waals surface area contributed by atoms with E-state index in [0.29, 0.717) is 19.3 Å². The van der Waals surface area contributed by atoms with Crippen molar-refractivity contribution in [2.45, 2.75) is 149 Å². The lowest BCUT2D eigenvalue weighted by Crippen LogP contribution is -2.33. The topological polar surface area (TPSA) is 66.0 Å². The van der Waals surface area contributed by atoms with Gasteiger partial charge in [-0.25, -0.2) is 9.13 Å². The van der Waals surface area contributed by atoms with Gasteiger partial charge in [-0.2, -0.15) is 0 Å². The molecule has 0 bridgehead atoms. The van der Waals surface area contributed by atoms with Crippen LogP contribution in [0.1, 0.15) is 136 Å². The summed E-state index contributed by atoms with van der Waals surface area (Å²) in [5.74, 6) is -0.101. The molecule has 6 nitrogen and oxygen atoms in total. The van der Waals surface area contributed by atoms with E-state index in [4.69, 9.17) is 0 Å². The monoisotopic (exact) mass is 566 g/mol. The van der Waals surface area contributed by atoms with Crippen LogP contribution in [0.15, 0.2) is 49.1 Å². The molecule has 0 saturated heterocycles. The quantitative estimate of drug-likeness (QED) is 0.0991. The van der Waals surface area contributed by atoms with Gasteiger partial charge in [-0.1, -0.05) is 90.9 Å². The number of carbonyl (C=O) groups is 2. The van der Waals surface area contributed by atoms with Crippen molar-refractivity contribution in [2.75, 3.05) is 10.6 Å². The Balaban J connectivity index is 1.59. The molecule has 0 fully saturated rings. The van der Waals surface area contributed by atoms with Crippen LogP contribution in [-0.4, -0.2) is 11.8 Å². The molecule has 0 aliphatic rings. The van der Waals surface area contributed by atoms with Crippen molar-refractivity contribution in [3.05, 3.63) is 49.1 Å². The molecule has 0 spiro atoms. The molecule has 0 aromatic carbocycles. The van der Waals surface area contributed by atoms with Crippen LogP contribution >= 0.6 is 0 Å². The Kier molecular flexibility index (Phi) is 19.2. The molecule has 41 heavy (non-hydrogen) atoms. The van der Waals surface area contributed by atoms with Crippen molar-refractivity contribution in [3.8, 4) is 0 Å². The summed E-state index contributed by atoms with van der Waals surface area (Å²) in [7, 11) is 0. The first-order chi connectivity index (χ1) is 20.1. The third-order valence-electron chi connectivity index (χ3n) is 7.63. The molecule has 2 aromatic rings. The van der Waals surface area contributed by atoms with E-state index in [9.17, 15) is 9.59 Å². The minimum Gasteiger partial charge on any atom is -0.321 e. The standard InChI is InChI=1S/C35H56N4O2/c1-3-5-7-9-11-13-15-17-26-38-28-20-22-32(30-38)36-34(40)24-19-25-35(41)37-33-23-21-29-39(31-33)27-18-16-14-12-10-8-6-4-2/h20-23,28-31H,3-19,24-27H2,1-2H3/p+2. The van der Waals surface area contributed by atoms with Crippen molar-refractivity contribution in [1.82, 2.24) is 0 Å². The number of hydrogen-bond donors (Lipinski definition) is 2. The van der Waals surface area contributed by atoms with Gasteiger partial charge in [0.15, 0.2) is 24.8 Å². The normalized spacial score (nSPS) is 11.0. The summed E-state index contributed by atoms with van der Waals surface area (Å²) in [6.07, 6.45) is 30.2. The highest BCUT2D eigenvalue weighted by atomic mass is 16.2. The van der Waals surface area contributed by atoms with Gasteiger partial charge in [0.2, 0.25) is 11.8 Å². The molecule has 2 aromatic heterocycles. The largest absolute Gasteiger partial charge is 0.321 e. The van der Waals surface area contributed by atoms with Crippen molar-refractivity contribution < 1.29 is 18.7 Å². The maximum absolute atomic E-state index is 12.5. The van der Waals surface area contributed by atoms with Crippen molar-refractivity contribution >= 4 is 23.2 Å². The van der Waals surface area contributed by atoms with E-state index in [1.807, 2.05) is 36.7 Å². The summed E-state index contributed by atoms with van der Waals surface area (Å²) in [5, 5.41) is 5.98. The molecule has 2 N–H and O–H groups in total. The highest BCUT2D eigenvalue weighted by molar-refractivity contribution is 5.92. The zero-order chi connectivity index (χ0) is 29.4. The summed E-state index contributed by atoms with van der Waals surface area (Å²) in [4.78, 5) is 24.9. The molecule has 228 valence electrons. The molecule has 0 aliphatic heterocycles. The number of nitrogens with zero attached hydrogens (tertiary/aromatic N) is 2. The summed E-state index contributed by atoms with van der Waals surface area (Å²) in [5.41, 5.74) is 1.62. The fraction of sp³-hybridized carbons (Fsp3) is 0.657. The highest BCUT2D eigenvalue weighted by Crippen LogP contribution is 2.11. The second kappa shape index (κ2) is 22.9. The number of unbranched alkanes of at least 4 members (excludes halogenated alkanes) is 14. The number of aryl methyl sites for hydroxylation is 2. The lowest BCUT2D eigenvalue weighted by atomic mass is 10.1. The first-order valence-electron chi connectivity index (χ1n) is 16.7. The predicted octanol–water partition coefficient (Wildman–Crippen LogP) is 8.29. The summed E-state index contributed by atoms with van der Waals surface area (Å²) >= 11 is 0. The van der Waals surface area contributed by atoms with E-state index in [-0.39, 0.29) is 11.8 Å². The summed E-state index contributed by atoms with van der Waals surface area (Å²) in [6.45, 7) is 6.45. The number of pyridine rings is 2. The second-order valence-corrected chi connectivity index (χ2v) is 11.6. The zero-order valence-corrected chi connectivity index (χ0v) is 26.2. The van der Waals surface area contributed by atoms with Gasteiger partial charge in [-0.15, -0.1) is 0 Å². The maximum Gasteiger partial charge on any atom is 0.224 e. The second-order valence-electron chi connectivity index (χ2n) is 11.6. The van der Waals surface area contributed by atoms with E-state index >= 15 is 0 Å². The fourth-order valence-corrected chi connectivity index (χ4v) is 5.18. The Labute approximate surface area is 250 Å². The van der Waals surface area contributed by atoms with Gasteiger partial charge in [0, 0.05) is 37.8 Å². The Morgan fingerprint density at radius 2 is 0.902 bits per heavy atom. The summed E-state index contributed by atoms with van der Waals surface area (Å²) in [6, 6.07) is 7.81. The Morgan fingerprint density at radius 1 is 0.537 bits per heavy atom. The van der Waals surface area contributed by atoms with E-state index in [1.165, 1.54) is 89.9 Å². The van der Waals surface area contributed by atoms with Gasteiger partial charge >= 0.3 is 0 Å². The molecule has 2 rings (SSSR count). The molecule has 0 saturated carbocycles. The number of aromatic nitrogens is 2. The lowest BCUT2D eigenvalue weighted by molar-refractivity contribution is -0.696. The summed E-state index contributed by atoms with van der Waals surface area (Å²) < 4.78 is 4.31. The number of amides is 2. The molecule has 0 aliphatic carbocycles. The van der Waals surface area contributed by atoms with Crippen LogP contribution in [0.25, 0.3) is 0 Å². The van der Waals surface area contributed by atoms with Gasteiger partial charge in [-0.3, -0.25) is 9.59 Å². The molecular weight excluding hydrogens is 508 g/mol. The van der Waals surface area contributed by atoms with Crippen LogP contribution in [0.3, 0.4) is 0 Å². The third-order valence-corrected chi connectivity index (χ3v) is 7.63. The maximum atomic E-state index is 12.5. The van der Waals surface area contributed by atoms with Crippen molar-refractivity contribution in [2.24, 2.45) is 0 Å². The molecular formula is C35H58N4O2+2. The van der Waals surface area contributed by atoms with E-state index < -0.39 is 0 Å².